The van der Waals surface area contributed by atoms with Crippen LogP contribution in [0.25, 0.3) is 0 Å². The van der Waals surface area contributed by atoms with Crippen LogP contribution in [0.1, 0.15) is 22.8 Å². The highest BCUT2D eigenvalue weighted by Crippen LogP contribution is 2.38. The van der Waals surface area contributed by atoms with Crippen LogP contribution in [-0.4, -0.2) is 45.2 Å². The summed E-state index contributed by atoms with van der Waals surface area (Å²) in [6.07, 6.45) is 1.61. The molecule has 154 valence electrons. The number of hydrazone groups is 1. The van der Waals surface area contributed by atoms with Gasteiger partial charge >= 0.3 is 5.97 Å². The number of esters is 1. The molecule has 9 heteroatoms. The van der Waals surface area contributed by atoms with Gasteiger partial charge in [0, 0.05) is 6.54 Å². The van der Waals surface area contributed by atoms with Crippen molar-refractivity contribution >= 4 is 29.5 Å². The molecular formula is C20H23N3O5S. The zero-order valence-corrected chi connectivity index (χ0v) is 17.5. The predicted octanol–water partition coefficient (Wildman–Crippen LogP) is 2.75. The molecule has 0 bridgehead atoms. The van der Waals surface area contributed by atoms with Crippen LogP contribution < -0.4 is 29.7 Å². The third kappa shape index (κ3) is 6.08. The highest BCUT2D eigenvalue weighted by Gasteiger charge is 2.18. The first-order valence-electron chi connectivity index (χ1n) is 8.71. The van der Waals surface area contributed by atoms with Crippen molar-refractivity contribution in [2.75, 3.05) is 27.9 Å². The zero-order valence-electron chi connectivity index (χ0n) is 16.6. The lowest BCUT2D eigenvalue weighted by Crippen LogP contribution is -2.31. The summed E-state index contributed by atoms with van der Waals surface area (Å²) < 4.78 is 21.2. The molecular weight excluding hydrogens is 394 g/mol. The van der Waals surface area contributed by atoms with E-state index in [9.17, 15) is 4.79 Å². The molecule has 0 amide bonds. The van der Waals surface area contributed by atoms with Crippen LogP contribution in [0.3, 0.4) is 0 Å². The molecule has 0 aliphatic rings. The first-order chi connectivity index (χ1) is 14.0. The largest absolute Gasteiger partial charge is 0.493 e. The maximum Gasteiger partial charge on any atom is 0.343 e. The van der Waals surface area contributed by atoms with Crippen molar-refractivity contribution in [3.8, 4) is 23.0 Å². The molecule has 0 aliphatic heterocycles. The van der Waals surface area contributed by atoms with E-state index < -0.39 is 5.97 Å². The number of nitrogens with zero attached hydrogens (tertiary/aromatic N) is 1. The minimum atomic E-state index is -0.552. The molecule has 8 nitrogen and oxygen atoms in total. The number of nitrogens with one attached hydrogen (secondary N) is 2. The fourth-order valence-electron chi connectivity index (χ4n) is 2.35. The number of thiocarbonyl (C=S) groups is 1. The number of methoxy groups -OCH3 is 3. The van der Waals surface area contributed by atoms with Crippen molar-refractivity contribution in [2.24, 2.45) is 5.10 Å². The van der Waals surface area contributed by atoms with E-state index in [1.54, 1.807) is 30.5 Å². The Labute approximate surface area is 174 Å². The summed E-state index contributed by atoms with van der Waals surface area (Å²) in [6.45, 7) is 2.66. The molecule has 2 aromatic rings. The Bertz CT molecular complexity index is 859. The predicted molar refractivity (Wildman–Crippen MR) is 115 cm³/mol. The van der Waals surface area contributed by atoms with E-state index in [0.717, 1.165) is 5.56 Å². The number of hydrogen-bond donors (Lipinski definition) is 2. The van der Waals surface area contributed by atoms with Gasteiger partial charge in [-0.05, 0) is 61.1 Å². The average molecular weight is 417 g/mol. The number of ether oxygens (including phenoxy) is 4. The highest BCUT2D eigenvalue weighted by molar-refractivity contribution is 7.80. The van der Waals surface area contributed by atoms with Crippen molar-refractivity contribution in [1.29, 1.82) is 0 Å². The van der Waals surface area contributed by atoms with E-state index in [-0.39, 0.29) is 5.56 Å². The third-order valence-electron chi connectivity index (χ3n) is 3.71. The summed E-state index contributed by atoms with van der Waals surface area (Å²) in [4.78, 5) is 12.5. The first kappa shape index (κ1) is 22.0. The molecule has 29 heavy (non-hydrogen) atoms. The Morgan fingerprint density at radius 1 is 1.07 bits per heavy atom. The van der Waals surface area contributed by atoms with Crippen molar-refractivity contribution < 1.29 is 23.7 Å². The van der Waals surface area contributed by atoms with Gasteiger partial charge in [-0.25, -0.2) is 4.79 Å². The van der Waals surface area contributed by atoms with Crippen LogP contribution in [0.2, 0.25) is 0 Å². The Hall–Kier alpha value is -3.33. The fraction of sp³-hybridized carbons (Fsp3) is 0.250. The molecule has 2 N–H and O–H groups in total. The van der Waals surface area contributed by atoms with E-state index in [2.05, 4.69) is 15.8 Å². The normalized spacial score (nSPS) is 10.3. The van der Waals surface area contributed by atoms with Gasteiger partial charge in [-0.15, -0.1) is 0 Å². The van der Waals surface area contributed by atoms with Gasteiger partial charge in [0.05, 0.1) is 33.1 Å². The van der Waals surface area contributed by atoms with Crippen molar-refractivity contribution in [3.63, 3.8) is 0 Å². The lowest BCUT2D eigenvalue weighted by atomic mass is 10.2. The molecule has 0 unspecified atom stereocenters. The van der Waals surface area contributed by atoms with E-state index in [4.69, 9.17) is 31.2 Å². The van der Waals surface area contributed by atoms with Gasteiger partial charge in [0.2, 0.25) is 5.75 Å². The van der Waals surface area contributed by atoms with Gasteiger partial charge in [0.1, 0.15) is 5.75 Å². The Morgan fingerprint density at radius 2 is 1.69 bits per heavy atom. The van der Waals surface area contributed by atoms with Gasteiger partial charge in [-0.2, -0.15) is 5.10 Å². The summed E-state index contributed by atoms with van der Waals surface area (Å²) in [6, 6.07) is 9.92. The second kappa shape index (κ2) is 10.9. The monoisotopic (exact) mass is 417 g/mol. The molecule has 0 spiro atoms. The lowest BCUT2D eigenvalue weighted by Gasteiger charge is -2.13. The number of benzene rings is 2. The van der Waals surface area contributed by atoms with Crippen LogP contribution in [0.5, 0.6) is 23.0 Å². The van der Waals surface area contributed by atoms with E-state index >= 15 is 0 Å². The van der Waals surface area contributed by atoms with Crippen LogP contribution >= 0.6 is 12.2 Å². The molecule has 0 radical (unpaired) electrons. The smallest absolute Gasteiger partial charge is 0.343 e. The minimum absolute atomic E-state index is 0.270. The second-order valence-electron chi connectivity index (χ2n) is 5.60. The van der Waals surface area contributed by atoms with Crippen LogP contribution in [0.15, 0.2) is 41.5 Å². The van der Waals surface area contributed by atoms with Crippen molar-refractivity contribution in [3.05, 3.63) is 47.5 Å². The SMILES string of the molecule is CCNC(=S)NN=Cc1ccc(OC(=O)c2cc(OC)c(OC)c(OC)c2)cc1. The molecule has 0 saturated carbocycles. The third-order valence-corrected chi connectivity index (χ3v) is 3.94. The minimum Gasteiger partial charge on any atom is -0.493 e. The molecule has 0 aliphatic carbocycles. The van der Waals surface area contributed by atoms with Crippen LogP contribution in [-0.2, 0) is 0 Å². The Balaban J connectivity index is 2.07. The number of carbonyl (C=O) groups is 1. The van der Waals surface area contributed by atoms with E-state index in [0.29, 0.717) is 34.7 Å². The quantitative estimate of drug-likeness (QED) is 0.223. The highest BCUT2D eigenvalue weighted by atomic mass is 32.1. The van der Waals surface area contributed by atoms with Crippen LogP contribution in [0.4, 0.5) is 0 Å². The van der Waals surface area contributed by atoms with Gasteiger partial charge in [0.15, 0.2) is 16.6 Å². The average Bonchev–Trinajstić information content (AvgIpc) is 2.73. The summed E-state index contributed by atoms with van der Waals surface area (Å²) in [5.41, 5.74) is 3.78. The van der Waals surface area contributed by atoms with Gasteiger partial charge < -0.3 is 24.3 Å². The van der Waals surface area contributed by atoms with Crippen molar-refractivity contribution in [1.82, 2.24) is 10.7 Å². The zero-order chi connectivity index (χ0) is 21.2. The van der Waals surface area contributed by atoms with Crippen molar-refractivity contribution in [2.45, 2.75) is 6.92 Å². The molecule has 0 atom stereocenters. The summed E-state index contributed by atoms with van der Waals surface area (Å²) >= 11 is 5.02. The summed E-state index contributed by atoms with van der Waals surface area (Å²) in [5.74, 6) is 0.972. The van der Waals surface area contributed by atoms with Crippen LogP contribution in [0, 0.1) is 0 Å². The van der Waals surface area contributed by atoms with Gasteiger partial charge in [-0.1, -0.05) is 0 Å². The molecule has 0 aromatic heterocycles. The topological polar surface area (TPSA) is 90.4 Å². The number of carbonyl (C=O) groups excluding carboxylic acids is 1. The van der Waals surface area contributed by atoms with E-state index in [1.165, 1.54) is 33.5 Å². The van der Waals surface area contributed by atoms with E-state index in [1.807, 2.05) is 6.92 Å². The summed E-state index contributed by atoms with van der Waals surface area (Å²) in [7, 11) is 4.45. The maximum absolute atomic E-state index is 12.5. The van der Waals surface area contributed by atoms with Gasteiger partial charge in [0.25, 0.3) is 0 Å². The molecule has 0 fully saturated rings. The maximum atomic E-state index is 12.5. The fourth-order valence-corrected chi connectivity index (χ4v) is 2.55. The first-order valence-corrected chi connectivity index (χ1v) is 9.12. The number of rotatable bonds is 8. The standard InChI is InChI=1S/C20H23N3O5S/c1-5-21-20(29)23-22-12-13-6-8-15(9-7-13)28-19(24)14-10-16(25-2)18(27-4)17(11-14)26-3/h6-12H,5H2,1-4H3,(H2,21,23,29). The lowest BCUT2D eigenvalue weighted by molar-refractivity contribution is 0.0734. The molecule has 2 aromatic carbocycles. The number of hydrogen-bond acceptors (Lipinski definition) is 7. The molecule has 0 heterocycles. The Kier molecular flexibility index (Phi) is 8.23. The Morgan fingerprint density at radius 3 is 2.21 bits per heavy atom. The molecule has 2 rings (SSSR count). The second-order valence-corrected chi connectivity index (χ2v) is 6.01. The molecule has 0 saturated heterocycles. The van der Waals surface area contributed by atoms with Gasteiger partial charge in [-0.3, -0.25) is 5.43 Å². The summed E-state index contributed by atoms with van der Waals surface area (Å²) in [5, 5.41) is 7.40.